The molecule has 1 saturated heterocycles. The first-order valence-electron chi connectivity index (χ1n) is 10.2. The third-order valence-electron chi connectivity index (χ3n) is 5.76. The Hall–Kier alpha value is -1.24. The number of piperidine rings is 1. The van der Waals surface area contributed by atoms with Gasteiger partial charge in [0, 0.05) is 39.1 Å². The van der Waals surface area contributed by atoms with Gasteiger partial charge in [-0.3, -0.25) is 4.99 Å². The molecule has 3 rings (SSSR count). The first-order chi connectivity index (χ1) is 12.7. The summed E-state index contributed by atoms with van der Waals surface area (Å²) < 4.78 is 2.42. The molecule has 0 aromatic carbocycles. The molecule has 1 saturated carbocycles. The highest BCUT2D eigenvalue weighted by molar-refractivity contribution is 7.98. The third kappa shape index (κ3) is 4.72. The van der Waals surface area contributed by atoms with Crippen LogP contribution in [0.3, 0.4) is 0 Å². The maximum absolute atomic E-state index is 4.49. The predicted octanol–water partition coefficient (Wildman–Crippen LogP) is 3.36. The van der Waals surface area contributed by atoms with Crippen LogP contribution in [0.15, 0.2) is 10.1 Å². The van der Waals surface area contributed by atoms with Crippen molar-refractivity contribution in [2.45, 2.75) is 69.5 Å². The topological polar surface area (TPSA) is 58.3 Å². The van der Waals surface area contributed by atoms with E-state index in [9.17, 15) is 0 Å². The van der Waals surface area contributed by atoms with Crippen molar-refractivity contribution in [3.8, 4) is 0 Å². The third-order valence-corrected chi connectivity index (χ3v) is 6.41. The fraction of sp³-hybridized carbons (Fsp3) is 0.842. The quantitative estimate of drug-likeness (QED) is 0.356. The summed E-state index contributed by atoms with van der Waals surface area (Å²) in [5.74, 6) is 3.06. The fourth-order valence-corrected chi connectivity index (χ4v) is 4.72. The molecule has 1 aromatic heterocycles. The van der Waals surface area contributed by atoms with Crippen molar-refractivity contribution >= 4 is 17.7 Å². The van der Waals surface area contributed by atoms with Crippen molar-refractivity contribution in [3.05, 3.63) is 5.82 Å². The number of rotatable bonds is 6. The molecule has 1 aliphatic carbocycles. The molecule has 2 aliphatic rings. The summed E-state index contributed by atoms with van der Waals surface area (Å²) in [5, 5.41) is 13.5. The lowest BCUT2D eigenvalue weighted by Gasteiger charge is -2.32. The molecule has 2 heterocycles. The second-order valence-electron chi connectivity index (χ2n) is 7.66. The molecule has 26 heavy (non-hydrogen) atoms. The highest BCUT2D eigenvalue weighted by atomic mass is 32.2. The van der Waals surface area contributed by atoms with Crippen LogP contribution in [0.25, 0.3) is 0 Å². The van der Waals surface area contributed by atoms with Crippen molar-refractivity contribution in [3.63, 3.8) is 0 Å². The molecule has 6 nitrogen and oxygen atoms in total. The van der Waals surface area contributed by atoms with Gasteiger partial charge in [-0.15, -0.1) is 10.2 Å². The lowest BCUT2D eigenvalue weighted by molar-refractivity contribution is 0.273. The minimum atomic E-state index is 0.610. The Bertz CT molecular complexity index is 585. The number of nitrogens with zero attached hydrogens (tertiary/aromatic N) is 5. The molecule has 2 fully saturated rings. The summed E-state index contributed by atoms with van der Waals surface area (Å²) in [4.78, 5) is 6.87. The van der Waals surface area contributed by atoms with E-state index in [-0.39, 0.29) is 0 Å². The Labute approximate surface area is 162 Å². The largest absolute Gasteiger partial charge is 0.356 e. The number of nitrogens with one attached hydrogen (secondary N) is 1. The summed E-state index contributed by atoms with van der Waals surface area (Å²) in [6.45, 7) is 5.52. The average Bonchev–Trinajstić information content (AvgIpc) is 3.31. The Morgan fingerprint density at radius 2 is 1.92 bits per heavy atom. The van der Waals surface area contributed by atoms with Crippen LogP contribution in [0.4, 0.5) is 0 Å². The molecule has 1 aromatic rings. The van der Waals surface area contributed by atoms with Crippen LogP contribution in [0, 0.1) is 5.92 Å². The molecule has 0 amide bonds. The van der Waals surface area contributed by atoms with E-state index in [1.807, 2.05) is 7.05 Å². The van der Waals surface area contributed by atoms with Gasteiger partial charge in [-0.2, -0.15) is 0 Å². The molecule has 0 spiro atoms. The Kier molecular flexibility index (Phi) is 7.23. The van der Waals surface area contributed by atoms with E-state index in [0.29, 0.717) is 6.04 Å². The van der Waals surface area contributed by atoms with E-state index in [1.54, 1.807) is 11.8 Å². The van der Waals surface area contributed by atoms with E-state index < -0.39 is 0 Å². The maximum atomic E-state index is 4.49. The van der Waals surface area contributed by atoms with Crippen LogP contribution in [0.2, 0.25) is 0 Å². The molecule has 0 bridgehead atoms. The van der Waals surface area contributed by atoms with Crippen molar-refractivity contribution in [2.75, 3.05) is 32.9 Å². The molecule has 146 valence electrons. The number of aryl methyl sites for hydroxylation is 1. The number of hydrogen-bond donors (Lipinski definition) is 1. The number of aliphatic imine (C=N–C) groups is 1. The molecular weight excluding hydrogens is 344 g/mol. The first-order valence-corrected chi connectivity index (χ1v) is 11.4. The number of hydrogen-bond acceptors (Lipinski definition) is 4. The monoisotopic (exact) mass is 378 g/mol. The van der Waals surface area contributed by atoms with Crippen LogP contribution in [-0.4, -0.2) is 58.6 Å². The molecule has 0 unspecified atom stereocenters. The van der Waals surface area contributed by atoms with E-state index in [4.69, 9.17) is 0 Å². The van der Waals surface area contributed by atoms with Gasteiger partial charge in [0.1, 0.15) is 5.82 Å². The summed E-state index contributed by atoms with van der Waals surface area (Å²) in [6, 6.07) is 0.610. The number of guanidine groups is 1. The van der Waals surface area contributed by atoms with E-state index in [0.717, 1.165) is 55.3 Å². The molecule has 0 atom stereocenters. The van der Waals surface area contributed by atoms with Crippen LogP contribution < -0.4 is 5.32 Å². The van der Waals surface area contributed by atoms with Crippen LogP contribution in [0.1, 0.15) is 63.7 Å². The summed E-state index contributed by atoms with van der Waals surface area (Å²) in [7, 11) is 1.89. The van der Waals surface area contributed by atoms with Gasteiger partial charge in [-0.05, 0) is 44.3 Å². The summed E-state index contributed by atoms with van der Waals surface area (Å²) in [5.41, 5.74) is 0. The van der Waals surface area contributed by atoms with Gasteiger partial charge in [0.05, 0.1) is 0 Å². The summed E-state index contributed by atoms with van der Waals surface area (Å²) in [6.07, 6.45) is 11.9. The molecule has 7 heteroatoms. The van der Waals surface area contributed by atoms with E-state index >= 15 is 0 Å². The van der Waals surface area contributed by atoms with Gasteiger partial charge in [0.15, 0.2) is 11.1 Å². The number of aromatic nitrogens is 3. The molecule has 1 N–H and O–H groups in total. The van der Waals surface area contributed by atoms with Crippen molar-refractivity contribution in [2.24, 2.45) is 10.9 Å². The predicted molar refractivity (Wildman–Crippen MR) is 109 cm³/mol. The second-order valence-corrected chi connectivity index (χ2v) is 8.43. The second kappa shape index (κ2) is 9.62. The highest BCUT2D eigenvalue weighted by Crippen LogP contribution is 2.33. The standard InChI is InChI=1S/C19H34N6S/c1-15-10-13-24(14-11-15)18(20-2)21-12-6-9-17-22-23-19(26-3)25(17)16-7-4-5-8-16/h15-16H,4-14H2,1-3H3,(H,20,21). The fourth-order valence-electron chi connectivity index (χ4n) is 4.15. The Morgan fingerprint density at radius 1 is 1.19 bits per heavy atom. The average molecular weight is 379 g/mol. The zero-order valence-corrected chi connectivity index (χ0v) is 17.4. The van der Waals surface area contributed by atoms with Gasteiger partial charge in [-0.25, -0.2) is 0 Å². The number of thioether (sulfide) groups is 1. The Morgan fingerprint density at radius 3 is 2.58 bits per heavy atom. The van der Waals surface area contributed by atoms with E-state index in [2.05, 4.69) is 43.2 Å². The number of likely N-dealkylation sites (tertiary alicyclic amines) is 1. The minimum Gasteiger partial charge on any atom is -0.356 e. The zero-order chi connectivity index (χ0) is 18.4. The van der Waals surface area contributed by atoms with Gasteiger partial charge < -0.3 is 14.8 Å². The molecule has 0 radical (unpaired) electrons. The van der Waals surface area contributed by atoms with Gasteiger partial charge >= 0.3 is 0 Å². The van der Waals surface area contributed by atoms with Gasteiger partial charge in [0.2, 0.25) is 0 Å². The van der Waals surface area contributed by atoms with Crippen LogP contribution >= 0.6 is 11.8 Å². The van der Waals surface area contributed by atoms with Crippen LogP contribution in [-0.2, 0) is 6.42 Å². The Balaban J connectivity index is 1.49. The first kappa shape index (κ1) is 19.5. The zero-order valence-electron chi connectivity index (χ0n) is 16.6. The highest BCUT2D eigenvalue weighted by Gasteiger charge is 2.23. The van der Waals surface area contributed by atoms with Gasteiger partial charge in [0.25, 0.3) is 0 Å². The van der Waals surface area contributed by atoms with Gasteiger partial charge in [-0.1, -0.05) is 31.5 Å². The lowest BCUT2D eigenvalue weighted by atomic mass is 10.00. The van der Waals surface area contributed by atoms with Crippen molar-refractivity contribution in [1.82, 2.24) is 25.0 Å². The van der Waals surface area contributed by atoms with Crippen LogP contribution in [0.5, 0.6) is 0 Å². The smallest absolute Gasteiger partial charge is 0.193 e. The molecule has 1 aliphatic heterocycles. The SMILES string of the molecule is CN=C(NCCCc1nnc(SC)n1C1CCCC1)N1CCC(C)CC1. The summed E-state index contributed by atoms with van der Waals surface area (Å²) >= 11 is 1.72. The molecular formula is C19H34N6S. The van der Waals surface area contributed by atoms with Crippen molar-refractivity contribution < 1.29 is 0 Å². The minimum absolute atomic E-state index is 0.610. The lowest BCUT2D eigenvalue weighted by Crippen LogP contribution is -2.45. The van der Waals surface area contributed by atoms with Crippen molar-refractivity contribution in [1.29, 1.82) is 0 Å². The normalized spacial score (nSPS) is 20.1. The van der Waals surface area contributed by atoms with E-state index in [1.165, 1.54) is 38.5 Å². The maximum Gasteiger partial charge on any atom is 0.193 e.